The maximum absolute atomic E-state index is 11.1. The molecule has 3 nitrogen and oxygen atoms in total. The second-order valence-electron chi connectivity index (χ2n) is 3.39. The fraction of sp³-hybridized carbons (Fsp3) is 0.556. The molecule has 1 aromatic heterocycles. The summed E-state index contributed by atoms with van der Waals surface area (Å²) in [5.74, 6) is 0. The number of hydrogen-bond acceptors (Lipinski definition) is 3. The molecule has 1 aromatic rings. The van der Waals surface area contributed by atoms with Crippen LogP contribution in [0.25, 0.3) is 0 Å². The van der Waals surface area contributed by atoms with Gasteiger partial charge in [-0.1, -0.05) is 18.5 Å². The normalized spacial score (nSPS) is 14.1. The predicted octanol–water partition coefficient (Wildman–Crippen LogP) is 2.27. The van der Waals surface area contributed by atoms with Crippen LogP contribution in [-0.4, -0.2) is 20.7 Å². The number of nitrogens with one attached hydrogen (secondary N) is 1. The van der Waals surface area contributed by atoms with Crippen LogP contribution in [0.1, 0.15) is 18.2 Å². The number of thiophene rings is 1. The Hall–Kier alpha value is -0.100. The number of hydrogen-bond donors (Lipinski definition) is 1. The lowest BCUT2D eigenvalue weighted by Gasteiger charge is -2.14. The summed E-state index contributed by atoms with van der Waals surface area (Å²) in [5, 5.41) is 2.62. The minimum Gasteiger partial charge on any atom is -0.213 e. The topological polar surface area (TPSA) is 46.2 Å². The van der Waals surface area contributed by atoms with Crippen molar-refractivity contribution in [2.24, 2.45) is 0 Å². The highest BCUT2D eigenvalue weighted by atomic mass is 35.5. The van der Waals surface area contributed by atoms with Gasteiger partial charge >= 0.3 is 0 Å². The van der Waals surface area contributed by atoms with E-state index in [1.165, 1.54) is 6.26 Å². The van der Waals surface area contributed by atoms with Crippen molar-refractivity contribution in [2.45, 2.75) is 25.8 Å². The van der Waals surface area contributed by atoms with Crippen LogP contribution >= 0.6 is 22.9 Å². The van der Waals surface area contributed by atoms with Crippen molar-refractivity contribution in [3.63, 3.8) is 0 Å². The first-order valence-corrected chi connectivity index (χ1v) is 7.76. The van der Waals surface area contributed by atoms with Crippen molar-refractivity contribution in [3.8, 4) is 0 Å². The highest BCUT2D eigenvalue weighted by Crippen LogP contribution is 2.23. The molecule has 0 radical (unpaired) electrons. The summed E-state index contributed by atoms with van der Waals surface area (Å²) in [6.45, 7) is 1.95. The highest BCUT2D eigenvalue weighted by Gasteiger charge is 2.14. The summed E-state index contributed by atoms with van der Waals surface area (Å²) in [6.07, 6.45) is 2.58. The lowest BCUT2D eigenvalue weighted by Crippen LogP contribution is -2.34. The SMILES string of the molecule is CCC(Cc1sccc1Cl)NS(C)(=O)=O. The molecule has 1 heterocycles. The van der Waals surface area contributed by atoms with Gasteiger partial charge in [-0.25, -0.2) is 13.1 Å². The fourth-order valence-electron chi connectivity index (χ4n) is 1.27. The standard InChI is InChI=1S/C9H14ClNO2S2/c1-3-7(11-15(2,12)13)6-9-8(10)4-5-14-9/h4-5,7,11H,3,6H2,1-2H3. The molecule has 0 aliphatic heterocycles. The molecule has 1 atom stereocenters. The third kappa shape index (κ3) is 4.51. The average Bonchev–Trinajstić information content (AvgIpc) is 2.48. The smallest absolute Gasteiger partial charge is 0.208 e. The van der Waals surface area contributed by atoms with E-state index in [2.05, 4.69) is 4.72 Å². The Bertz CT molecular complexity index is 414. The zero-order chi connectivity index (χ0) is 11.5. The van der Waals surface area contributed by atoms with Crippen molar-refractivity contribution in [1.29, 1.82) is 0 Å². The zero-order valence-corrected chi connectivity index (χ0v) is 11.0. The van der Waals surface area contributed by atoms with Gasteiger partial charge in [0.25, 0.3) is 0 Å². The van der Waals surface area contributed by atoms with E-state index in [0.29, 0.717) is 11.4 Å². The molecule has 0 fully saturated rings. The summed E-state index contributed by atoms with van der Waals surface area (Å²) < 4.78 is 24.7. The molecule has 6 heteroatoms. The molecule has 0 amide bonds. The van der Waals surface area contributed by atoms with Gasteiger partial charge in [0, 0.05) is 10.9 Å². The first-order valence-electron chi connectivity index (χ1n) is 4.61. The van der Waals surface area contributed by atoms with Crippen LogP contribution in [0.5, 0.6) is 0 Å². The van der Waals surface area contributed by atoms with E-state index >= 15 is 0 Å². The van der Waals surface area contributed by atoms with Crippen molar-refractivity contribution in [3.05, 3.63) is 21.3 Å². The number of rotatable bonds is 5. The summed E-state index contributed by atoms with van der Waals surface area (Å²) in [7, 11) is -3.14. The number of halogens is 1. The fourth-order valence-corrected chi connectivity index (χ4v) is 3.32. The maximum Gasteiger partial charge on any atom is 0.208 e. The average molecular weight is 268 g/mol. The van der Waals surface area contributed by atoms with E-state index in [0.717, 1.165) is 11.3 Å². The van der Waals surface area contributed by atoms with Crippen LogP contribution in [0.4, 0.5) is 0 Å². The van der Waals surface area contributed by atoms with Gasteiger partial charge < -0.3 is 0 Å². The maximum atomic E-state index is 11.1. The first kappa shape index (κ1) is 13.0. The molecular formula is C9H14ClNO2S2. The van der Waals surface area contributed by atoms with Gasteiger partial charge in [-0.2, -0.15) is 0 Å². The predicted molar refractivity (Wildman–Crippen MR) is 65.1 cm³/mol. The first-order chi connectivity index (χ1) is 6.92. The third-order valence-corrected chi connectivity index (χ3v) is 4.17. The lowest BCUT2D eigenvalue weighted by molar-refractivity contribution is 0.543. The molecule has 0 aliphatic rings. The lowest BCUT2D eigenvalue weighted by atomic mass is 10.1. The van der Waals surface area contributed by atoms with Crippen LogP contribution < -0.4 is 4.72 Å². The largest absolute Gasteiger partial charge is 0.213 e. The minimum atomic E-state index is -3.14. The van der Waals surface area contributed by atoms with Gasteiger partial charge in [0.15, 0.2) is 0 Å². The van der Waals surface area contributed by atoms with Gasteiger partial charge in [0.1, 0.15) is 0 Å². The van der Waals surface area contributed by atoms with Crippen molar-refractivity contribution < 1.29 is 8.42 Å². The van der Waals surface area contributed by atoms with Gasteiger partial charge in [-0.15, -0.1) is 11.3 Å². The third-order valence-electron chi connectivity index (χ3n) is 2.00. The molecule has 0 saturated carbocycles. The second-order valence-corrected chi connectivity index (χ2v) is 6.58. The van der Waals surface area contributed by atoms with Crippen LogP contribution in [-0.2, 0) is 16.4 Å². The van der Waals surface area contributed by atoms with Gasteiger partial charge in [0.05, 0.1) is 11.3 Å². The van der Waals surface area contributed by atoms with Crippen LogP contribution in [0, 0.1) is 0 Å². The summed E-state index contributed by atoms with van der Waals surface area (Å²) in [6, 6.07) is 1.76. The molecule has 0 bridgehead atoms. The Balaban J connectivity index is 2.66. The van der Waals surface area contributed by atoms with E-state index < -0.39 is 10.0 Å². The van der Waals surface area contributed by atoms with Gasteiger partial charge in [-0.3, -0.25) is 0 Å². The van der Waals surface area contributed by atoms with E-state index in [1.54, 1.807) is 11.3 Å². The van der Waals surface area contributed by atoms with Crippen molar-refractivity contribution in [1.82, 2.24) is 4.72 Å². The summed E-state index contributed by atoms with van der Waals surface area (Å²) >= 11 is 7.50. The van der Waals surface area contributed by atoms with Crippen molar-refractivity contribution >= 4 is 33.0 Å². The second kappa shape index (κ2) is 5.30. The van der Waals surface area contributed by atoms with Crippen molar-refractivity contribution in [2.75, 3.05) is 6.26 Å². The number of sulfonamides is 1. The molecular weight excluding hydrogens is 254 g/mol. The molecule has 0 aromatic carbocycles. The monoisotopic (exact) mass is 267 g/mol. The molecule has 1 unspecified atom stereocenters. The molecule has 0 spiro atoms. The molecule has 1 rings (SSSR count). The Kier molecular flexibility index (Phi) is 4.58. The van der Waals surface area contributed by atoms with Crippen LogP contribution in [0.3, 0.4) is 0 Å². The van der Waals surface area contributed by atoms with E-state index in [-0.39, 0.29) is 6.04 Å². The summed E-state index contributed by atoms with van der Waals surface area (Å²) in [5.41, 5.74) is 0. The highest BCUT2D eigenvalue weighted by molar-refractivity contribution is 7.88. The van der Waals surface area contributed by atoms with E-state index in [4.69, 9.17) is 11.6 Å². The minimum absolute atomic E-state index is 0.0730. The van der Waals surface area contributed by atoms with E-state index in [1.807, 2.05) is 18.4 Å². The Morgan fingerprint density at radius 3 is 2.67 bits per heavy atom. The Morgan fingerprint density at radius 2 is 2.27 bits per heavy atom. The summed E-state index contributed by atoms with van der Waals surface area (Å²) in [4.78, 5) is 1.03. The van der Waals surface area contributed by atoms with Crippen LogP contribution in [0.15, 0.2) is 11.4 Å². The van der Waals surface area contributed by atoms with E-state index in [9.17, 15) is 8.42 Å². The molecule has 0 saturated heterocycles. The van der Waals surface area contributed by atoms with Gasteiger partial charge in [0.2, 0.25) is 10.0 Å². The zero-order valence-electron chi connectivity index (χ0n) is 8.66. The van der Waals surface area contributed by atoms with Gasteiger partial charge in [-0.05, 0) is 24.3 Å². The Morgan fingerprint density at radius 1 is 1.60 bits per heavy atom. The van der Waals surface area contributed by atoms with Crippen LogP contribution in [0.2, 0.25) is 5.02 Å². The quantitative estimate of drug-likeness (QED) is 0.890. The molecule has 1 N–H and O–H groups in total. The Labute approximate surface area is 99.5 Å². The molecule has 15 heavy (non-hydrogen) atoms. The molecule has 86 valence electrons. The molecule has 0 aliphatic carbocycles.